The molecule has 0 amide bonds. The molecule has 0 aromatic heterocycles. The van der Waals surface area contributed by atoms with E-state index in [0.717, 1.165) is 0 Å². The first-order valence-electron chi connectivity index (χ1n) is 1.53. The van der Waals surface area contributed by atoms with Crippen LogP contribution in [-0.4, -0.2) is 68.5 Å². The molecule has 0 heterocycles. The molecule has 4 N–H and O–H groups in total. The molecule has 0 aromatic rings. The van der Waals surface area contributed by atoms with Gasteiger partial charge < -0.3 is 22.4 Å². The number of hydrogen-bond donors (Lipinski definition) is 4. The second-order valence-corrected chi connectivity index (χ2v) is 3.68. The number of phosphoric acid groups is 2. The maximum atomic E-state index is 9.63. The Labute approximate surface area is 120 Å². The van der Waals surface area contributed by atoms with Crippen LogP contribution in [0, 0.1) is 0 Å². The second kappa shape index (κ2) is 6.92. The van der Waals surface area contributed by atoms with Gasteiger partial charge in [-0.3, -0.25) is 0 Å². The van der Waals surface area contributed by atoms with Gasteiger partial charge in [0.05, 0.1) is 0 Å². The minimum absolute atomic E-state index is 0. The summed E-state index contributed by atoms with van der Waals surface area (Å²) in [6.45, 7) is 0. The molecule has 0 radical (unpaired) electrons. The van der Waals surface area contributed by atoms with Gasteiger partial charge in [0.15, 0.2) is 0 Å². The maximum Gasteiger partial charge on any atom is 2.00 e. The van der Waals surface area contributed by atoms with Crippen molar-refractivity contribution in [1.82, 2.24) is 0 Å². The first-order valence-corrected chi connectivity index (χ1v) is 4.59. The molecule has 7 nitrogen and oxygen atoms in total. The summed E-state index contributed by atoms with van der Waals surface area (Å²) in [5.74, 6) is 0. The minimum Gasteiger partial charge on any atom is -1.00 e. The Kier molecular flexibility index (Phi) is 12.1. The monoisotopic (exact) mass is 366 g/mol. The average molecular weight is 365 g/mol. The van der Waals surface area contributed by atoms with E-state index in [9.17, 15) is 9.13 Å². The normalized spacial score (nSPS) is 11.3. The van der Waals surface area contributed by atoms with Gasteiger partial charge in [-0.1, -0.05) is 0 Å². The van der Waals surface area contributed by atoms with E-state index in [1.807, 2.05) is 0 Å². The second-order valence-electron chi connectivity index (χ2n) is 1.06. The van der Waals surface area contributed by atoms with Gasteiger partial charge in [-0.15, -0.1) is 0 Å². The SMILES string of the molecule is O=P(O)(O)OP(=O)(O)O.[Ba+2].[H-].[H-].[Ti]. The van der Waals surface area contributed by atoms with Gasteiger partial charge in [0.25, 0.3) is 0 Å². The molecule has 0 atom stereocenters. The fraction of sp³-hybridized carbons (Fsp3) is 0. The summed E-state index contributed by atoms with van der Waals surface area (Å²) in [7, 11) is -10.1. The summed E-state index contributed by atoms with van der Waals surface area (Å²) in [4.78, 5) is 31.0. The molecule has 11 heteroatoms. The molecule has 0 aliphatic carbocycles. The van der Waals surface area contributed by atoms with Gasteiger partial charge >= 0.3 is 64.5 Å². The molecule has 0 aliphatic heterocycles. The molecule has 0 aromatic carbocycles. The summed E-state index contributed by atoms with van der Waals surface area (Å²) in [6.07, 6.45) is 0. The smallest absolute Gasteiger partial charge is 1.00 e. The molecule has 0 spiro atoms. The Bertz CT molecular complexity index is 165. The predicted octanol–water partition coefficient (Wildman–Crippen LogP) is -0.970. The number of rotatable bonds is 2. The van der Waals surface area contributed by atoms with Crippen LogP contribution in [-0.2, 0) is 35.2 Å². The quantitative estimate of drug-likeness (QED) is 0.367. The van der Waals surface area contributed by atoms with Crippen LogP contribution >= 0.6 is 15.6 Å². The topological polar surface area (TPSA) is 124 Å². The van der Waals surface area contributed by atoms with Crippen molar-refractivity contribution < 1.29 is 57.6 Å². The summed E-state index contributed by atoms with van der Waals surface area (Å²) < 4.78 is 22.2. The fourth-order valence-electron chi connectivity index (χ4n) is 0.139. The Balaban J connectivity index is -0.0000000533. The maximum absolute atomic E-state index is 9.63. The Morgan fingerprint density at radius 1 is 1.00 bits per heavy atom. The zero-order valence-corrected chi connectivity index (χ0v) is 12.9. The third kappa shape index (κ3) is 19.1. The van der Waals surface area contributed by atoms with Crippen LogP contribution in [0.3, 0.4) is 0 Å². The van der Waals surface area contributed by atoms with Crippen LogP contribution in [0.15, 0.2) is 0 Å². The zero-order chi connectivity index (χ0) is 7.71. The van der Waals surface area contributed by atoms with Crippen LogP contribution in [0.2, 0.25) is 0 Å². The van der Waals surface area contributed by atoms with Crippen molar-refractivity contribution in [2.75, 3.05) is 0 Å². The van der Waals surface area contributed by atoms with Gasteiger partial charge in [-0.25, -0.2) is 9.13 Å². The summed E-state index contributed by atoms with van der Waals surface area (Å²) in [5.41, 5.74) is 0. The molecule has 0 fully saturated rings. The van der Waals surface area contributed by atoms with E-state index >= 15 is 0 Å². The third-order valence-corrected chi connectivity index (χ3v) is 1.91. The molecule has 0 saturated heterocycles. The molecule has 0 rings (SSSR count). The van der Waals surface area contributed by atoms with Crippen molar-refractivity contribution in [2.24, 2.45) is 0 Å². The van der Waals surface area contributed by atoms with Gasteiger partial charge in [0.1, 0.15) is 0 Å². The third-order valence-electron chi connectivity index (χ3n) is 0.213. The van der Waals surface area contributed by atoms with Crippen molar-refractivity contribution >= 4 is 64.5 Å². The van der Waals surface area contributed by atoms with Crippen molar-refractivity contribution in [3.63, 3.8) is 0 Å². The van der Waals surface area contributed by atoms with Gasteiger partial charge in [-0.05, 0) is 0 Å². The molecule has 0 aliphatic rings. The van der Waals surface area contributed by atoms with Gasteiger partial charge in [0.2, 0.25) is 0 Å². The Hall–Kier alpha value is 2.55. The van der Waals surface area contributed by atoms with E-state index in [1.54, 1.807) is 0 Å². The summed E-state index contributed by atoms with van der Waals surface area (Å²) in [6, 6.07) is 0. The Morgan fingerprint density at radius 2 is 1.18 bits per heavy atom. The molecule has 0 saturated carbocycles. The first kappa shape index (κ1) is 19.2. The van der Waals surface area contributed by atoms with Crippen molar-refractivity contribution in [3.8, 4) is 0 Å². The summed E-state index contributed by atoms with van der Waals surface area (Å²) >= 11 is 0. The van der Waals surface area contributed by atoms with Crippen LogP contribution in [0.25, 0.3) is 0 Å². The summed E-state index contributed by atoms with van der Waals surface area (Å²) in [5, 5.41) is 0. The average Bonchev–Trinajstić information content (AvgIpc) is 1.14. The van der Waals surface area contributed by atoms with E-state index in [0.29, 0.717) is 0 Å². The Morgan fingerprint density at radius 3 is 1.18 bits per heavy atom. The molecule has 11 heavy (non-hydrogen) atoms. The fourth-order valence-corrected chi connectivity index (χ4v) is 1.25. The van der Waals surface area contributed by atoms with Crippen molar-refractivity contribution in [2.45, 2.75) is 0 Å². The standard InChI is InChI=1S/Ba.H4O7P2.Ti.2H/c;1-8(2,3)7-9(4,5)6;;;/h;(H2,1,2,3)(H2,4,5,6);;;/q+2;;;2*-1. The van der Waals surface area contributed by atoms with Crippen LogP contribution < -0.4 is 0 Å². The molecule has 0 bridgehead atoms. The molecule has 0 unspecified atom stereocenters. The molecule has 64 valence electrons. The molecular formula is H6BaO7P2Ti. The largest absolute Gasteiger partial charge is 2.00 e. The van der Waals surface area contributed by atoms with Crippen molar-refractivity contribution in [1.29, 1.82) is 0 Å². The predicted molar refractivity (Wildman–Crippen MR) is 33.2 cm³/mol. The molecular weight excluding hydrogens is 359 g/mol. The van der Waals surface area contributed by atoms with Crippen molar-refractivity contribution in [3.05, 3.63) is 0 Å². The number of hydrogen-bond acceptors (Lipinski definition) is 3. The van der Waals surface area contributed by atoms with Crippen LogP contribution in [0.4, 0.5) is 0 Å². The van der Waals surface area contributed by atoms with E-state index in [2.05, 4.69) is 4.31 Å². The zero-order valence-electron chi connectivity index (χ0n) is 7.12. The van der Waals surface area contributed by atoms with E-state index in [1.165, 1.54) is 0 Å². The van der Waals surface area contributed by atoms with Crippen LogP contribution in [0.1, 0.15) is 2.85 Å². The van der Waals surface area contributed by atoms with Gasteiger partial charge in [0, 0.05) is 21.7 Å². The van der Waals surface area contributed by atoms with E-state index in [-0.39, 0.29) is 73.5 Å². The van der Waals surface area contributed by atoms with E-state index < -0.39 is 15.6 Å². The van der Waals surface area contributed by atoms with E-state index in [4.69, 9.17) is 19.6 Å². The van der Waals surface area contributed by atoms with Crippen LogP contribution in [0.5, 0.6) is 0 Å². The minimum atomic E-state index is -5.05. The van der Waals surface area contributed by atoms with Gasteiger partial charge in [-0.2, -0.15) is 4.31 Å². The first-order chi connectivity index (χ1) is 3.71.